The minimum Gasteiger partial charge on any atom is -0.128 e. The lowest BCUT2D eigenvalue weighted by molar-refractivity contribution is 0.405. The molecule has 1 aliphatic carbocycles. The molecular formula is C13H15Br2ClS. The molecule has 0 N–H and O–H groups in total. The Morgan fingerprint density at radius 2 is 2.06 bits per heavy atom. The molecule has 1 saturated carbocycles. The summed E-state index contributed by atoms with van der Waals surface area (Å²) in [4.78, 5) is 1.28. The quantitative estimate of drug-likeness (QED) is 0.512. The summed E-state index contributed by atoms with van der Waals surface area (Å²) in [6, 6.07) is 2.16. The van der Waals surface area contributed by atoms with Crippen molar-refractivity contribution in [3.05, 3.63) is 24.8 Å². The Morgan fingerprint density at radius 1 is 1.35 bits per heavy atom. The largest absolute Gasteiger partial charge is 0.128 e. The molecular weight excluding hydrogens is 383 g/mol. The van der Waals surface area contributed by atoms with Gasteiger partial charge in [-0.2, -0.15) is 0 Å². The maximum atomic E-state index is 6.11. The Hall–Kier alpha value is 0.690. The van der Waals surface area contributed by atoms with Gasteiger partial charge in [-0.3, -0.25) is 0 Å². The van der Waals surface area contributed by atoms with Crippen LogP contribution in [0.3, 0.4) is 0 Å². The molecule has 0 spiro atoms. The molecule has 0 atom stereocenters. The van der Waals surface area contributed by atoms with E-state index >= 15 is 0 Å². The second-order valence-corrected chi connectivity index (χ2v) is 7.98. The number of halogens is 3. The van der Waals surface area contributed by atoms with Crippen molar-refractivity contribution in [1.82, 2.24) is 0 Å². The molecule has 4 heteroatoms. The Bertz CT molecular complexity index is 386. The van der Waals surface area contributed by atoms with Crippen LogP contribution < -0.4 is 0 Å². The summed E-state index contributed by atoms with van der Waals surface area (Å²) in [5.74, 6) is 1.37. The number of hydrogen-bond donors (Lipinski definition) is 0. The molecule has 1 heterocycles. The van der Waals surface area contributed by atoms with Crippen molar-refractivity contribution in [2.75, 3.05) is 5.88 Å². The van der Waals surface area contributed by atoms with Crippen LogP contribution >= 0.6 is 54.8 Å². The maximum absolute atomic E-state index is 6.11. The van der Waals surface area contributed by atoms with Crippen LogP contribution in [0.4, 0.5) is 0 Å². The van der Waals surface area contributed by atoms with E-state index in [4.69, 9.17) is 11.6 Å². The van der Waals surface area contributed by atoms with Crippen LogP contribution in [0, 0.1) is 5.92 Å². The number of rotatable bonds is 3. The highest BCUT2D eigenvalue weighted by Gasteiger charge is 2.17. The zero-order valence-electron chi connectivity index (χ0n) is 9.52. The average molecular weight is 399 g/mol. The molecule has 1 aliphatic rings. The van der Waals surface area contributed by atoms with Gasteiger partial charge in [-0.15, -0.1) is 22.9 Å². The van der Waals surface area contributed by atoms with Crippen molar-refractivity contribution in [2.45, 2.75) is 32.1 Å². The summed E-state index contributed by atoms with van der Waals surface area (Å²) in [6.07, 6.45) is 9.01. The zero-order valence-corrected chi connectivity index (χ0v) is 14.3. The van der Waals surface area contributed by atoms with E-state index in [0.717, 1.165) is 8.26 Å². The van der Waals surface area contributed by atoms with Gasteiger partial charge in [0, 0.05) is 15.2 Å². The molecule has 0 unspecified atom stereocenters. The van der Waals surface area contributed by atoms with Gasteiger partial charge in [0.15, 0.2) is 0 Å². The average Bonchev–Trinajstić information content (AvgIpc) is 2.67. The maximum Gasteiger partial charge on any atom is 0.0846 e. The van der Waals surface area contributed by atoms with E-state index in [1.54, 1.807) is 11.3 Å². The molecule has 0 amide bonds. The molecule has 0 nitrogen and oxygen atoms in total. The van der Waals surface area contributed by atoms with E-state index in [1.165, 1.54) is 42.6 Å². The van der Waals surface area contributed by atoms with Gasteiger partial charge < -0.3 is 0 Å². The molecule has 94 valence electrons. The fourth-order valence-electron chi connectivity index (χ4n) is 2.36. The Balaban J connectivity index is 2.16. The minimum atomic E-state index is 0.664. The summed E-state index contributed by atoms with van der Waals surface area (Å²) in [7, 11) is 0. The van der Waals surface area contributed by atoms with Crippen LogP contribution in [-0.2, 0) is 0 Å². The highest BCUT2D eigenvalue weighted by atomic mass is 79.9. The van der Waals surface area contributed by atoms with E-state index < -0.39 is 0 Å². The summed E-state index contributed by atoms with van der Waals surface area (Å²) in [5, 5.41) is 0. The van der Waals surface area contributed by atoms with Crippen LogP contribution in [-0.4, -0.2) is 5.88 Å². The Kier molecular flexibility index (Phi) is 5.59. The predicted molar refractivity (Wildman–Crippen MR) is 85.0 cm³/mol. The van der Waals surface area contributed by atoms with Gasteiger partial charge in [-0.25, -0.2) is 0 Å². The van der Waals surface area contributed by atoms with Crippen molar-refractivity contribution in [2.24, 2.45) is 5.92 Å². The molecule has 0 radical (unpaired) electrons. The lowest BCUT2D eigenvalue weighted by Crippen LogP contribution is -2.10. The fourth-order valence-corrected chi connectivity index (χ4v) is 4.72. The van der Waals surface area contributed by atoms with Crippen LogP contribution in [0.5, 0.6) is 0 Å². The highest BCUT2D eigenvalue weighted by molar-refractivity contribution is 9.13. The second kappa shape index (κ2) is 6.74. The lowest BCUT2D eigenvalue weighted by Gasteiger charge is -2.23. The summed E-state index contributed by atoms with van der Waals surface area (Å²) < 4.78 is 2.28. The molecule has 0 bridgehead atoms. The minimum absolute atomic E-state index is 0.664. The normalized spacial score (nSPS) is 18.6. The van der Waals surface area contributed by atoms with E-state index in [-0.39, 0.29) is 0 Å². The molecule has 0 aromatic carbocycles. The standard InChI is InChI=1S/C13H15Br2ClS/c14-12-7-11(17-13(12)15)6-10(8-16)9-4-2-1-3-5-9/h6-7,9H,1-5,8H2. The lowest BCUT2D eigenvalue weighted by atomic mass is 9.84. The first-order chi connectivity index (χ1) is 8.20. The number of hydrogen-bond acceptors (Lipinski definition) is 1. The summed E-state index contributed by atoms with van der Waals surface area (Å²) in [6.45, 7) is 0. The van der Waals surface area contributed by atoms with Gasteiger partial charge in [0.25, 0.3) is 0 Å². The third-order valence-corrected chi connectivity index (χ3v) is 6.79. The molecule has 1 aromatic rings. The van der Waals surface area contributed by atoms with Crippen LogP contribution in [0.2, 0.25) is 0 Å². The van der Waals surface area contributed by atoms with E-state index in [1.807, 2.05) is 0 Å². The van der Waals surface area contributed by atoms with Gasteiger partial charge in [0.2, 0.25) is 0 Å². The third kappa shape index (κ3) is 3.82. The third-order valence-electron chi connectivity index (χ3n) is 3.28. The Morgan fingerprint density at radius 3 is 2.59 bits per heavy atom. The van der Waals surface area contributed by atoms with Gasteiger partial charge >= 0.3 is 0 Å². The van der Waals surface area contributed by atoms with E-state index in [0.29, 0.717) is 11.8 Å². The molecule has 1 aromatic heterocycles. The van der Waals surface area contributed by atoms with E-state index in [9.17, 15) is 0 Å². The van der Waals surface area contributed by atoms with Crippen molar-refractivity contribution in [3.63, 3.8) is 0 Å². The van der Waals surface area contributed by atoms with Crippen molar-refractivity contribution >= 4 is 60.9 Å². The monoisotopic (exact) mass is 396 g/mol. The van der Waals surface area contributed by atoms with Gasteiger partial charge in [0.1, 0.15) is 0 Å². The van der Waals surface area contributed by atoms with Crippen molar-refractivity contribution in [3.8, 4) is 0 Å². The molecule has 17 heavy (non-hydrogen) atoms. The Labute approximate surface area is 129 Å². The molecule has 0 aliphatic heterocycles. The van der Waals surface area contributed by atoms with Gasteiger partial charge in [-0.1, -0.05) is 24.8 Å². The first-order valence-corrected chi connectivity index (χ1v) is 8.85. The number of thiophene rings is 1. The number of allylic oxidation sites excluding steroid dienone is 1. The van der Waals surface area contributed by atoms with Crippen LogP contribution in [0.25, 0.3) is 6.08 Å². The van der Waals surface area contributed by atoms with Crippen molar-refractivity contribution < 1.29 is 0 Å². The highest BCUT2D eigenvalue weighted by Crippen LogP contribution is 2.36. The molecule has 2 rings (SSSR count). The van der Waals surface area contributed by atoms with Crippen LogP contribution in [0.15, 0.2) is 19.9 Å². The first-order valence-electron chi connectivity index (χ1n) is 5.92. The topological polar surface area (TPSA) is 0 Å². The van der Waals surface area contributed by atoms with Crippen molar-refractivity contribution in [1.29, 1.82) is 0 Å². The molecule has 1 fully saturated rings. The first kappa shape index (κ1) is 14.1. The second-order valence-electron chi connectivity index (χ2n) is 4.46. The summed E-state index contributed by atoms with van der Waals surface area (Å²) >= 11 is 14.9. The summed E-state index contributed by atoms with van der Waals surface area (Å²) in [5.41, 5.74) is 1.41. The SMILES string of the molecule is ClCC(=Cc1cc(Br)c(Br)s1)C1CCCCC1. The zero-order chi connectivity index (χ0) is 12.3. The fraction of sp³-hybridized carbons (Fsp3) is 0.538. The number of alkyl halides is 1. The van der Waals surface area contributed by atoms with E-state index in [2.05, 4.69) is 44.0 Å². The molecule has 0 saturated heterocycles. The van der Waals surface area contributed by atoms with Crippen LogP contribution in [0.1, 0.15) is 37.0 Å². The predicted octanol–water partition coefficient (Wildman–Crippen LogP) is 6.48. The van der Waals surface area contributed by atoms with Gasteiger partial charge in [0.05, 0.1) is 3.79 Å². The smallest absolute Gasteiger partial charge is 0.0846 e. The van der Waals surface area contributed by atoms with Gasteiger partial charge in [-0.05, 0) is 62.8 Å².